The monoisotopic (exact) mass is 781 g/mol. The van der Waals surface area contributed by atoms with E-state index in [1.807, 2.05) is 88.6 Å². The zero-order valence-electron chi connectivity index (χ0n) is 34.2. The van der Waals surface area contributed by atoms with Crippen molar-refractivity contribution in [3.05, 3.63) is 102 Å². The van der Waals surface area contributed by atoms with E-state index in [1.54, 1.807) is 58.8 Å². The highest BCUT2D eigenvalue weighted by atomic mass is 16.5. The number of aliphatic hydroxyl groups is 2. The predicted molar refractivity (Wildman–Crippen MR) is 219 cm³/mol. The normalized spacial score (nSPS) is 14.8. The molecule has 4 aromatic carbocycles. The molecule has 1 fully saturated rings. The molecule has 57 heavy (non-hydrogen) atoms. The van der Waals surface area contributed by atoms with Gasteiger partial charge in [-0.1, -0.05) is 12.1 Å². The second-order valence-corrected chi connectivity index (χ2v) is 15.1. The van der Waals surface area contributed by atoms with Gasteiger partial charge in [0.2, 0.25) is 0 Å². The van der Waals surface area contributed by atoms with Gasteiger partial charge in [0.05, 0.1) is 59.4 Å². The molecule has 1 aliphatic rings. The van der Waals surface area contributed by atoms with E-state index in [0.29, 0.717) is 45.6 Å². The van der Waals surface area contributed by atoms with Crippen LogP contribution in [0.2, 0.25) is 0 Å². The Hall–Kier alpha value is -5.27. The molecule has 1 aliphatic heterocycles. The maximum Gasteiger partial charge on any atom is 0.161 e. The molecule has 1 saturated heterocycles. The number of ether oxygens (including phenoxy) is 7. The first-order valence-corrected chi connectivity index (χ1v) is 19.1. The molecule has 2 atom stereocenters. The lowest BCUT2D eigenvalue weighted by molar-refractivity contribution is -0.0302. The molecule has 0 spiro atoms. The second-order valence-electron chi connectivity index (χ2n) is 15.1. The van der Waals surface area contributed by atoms with Crippen molar-refractivity contribution in [3.63, 3.8) is 0 Å². The molecule has 2 N–H and O–H groups in total. The van der Waals surface area contributed by atoms with Crippen LogP contribution < -0.4 is 28.4 Å². The molecule has 6 rings (SSSR count). The Balaban J connectivity index is 1.23. The lowest BCUT2D eigenvalue weighted by Gasteiger charge is -2.32. The van der Waals surface area contributed by atoms with E-state index in [9.17, 15) is 10.2 Å². The lowest BCUT2D eigenvalue weighted by atomic mass is 9.94. The highest BCUT2D eigenvalue weighted by Crippen LogP contribution is 2.39. The van der Waals surface area contributed by atoms with E-state index in [0.717, 1.165) is 61.9 Å². The molecule has 12 nitrogen and oxygen atoms in total. The molecular formula is C45H55N3O9. The van der Waals surface area contributed by atoms with Crippen molar-refractivity contribution in [2.75, 3.05) is 61.3 Å². The van der Waals surface area contributed by atoms with Gasteiger partial charge in [-0.05, 0) is 112 Å². The predicted octanol–water partition coefficient (Wildman–Crippen LogP) is 7.37. The number of aliphatic hydroxyl groups excluding tert-OH is 2. The van der Waals surface area contributed by atoms with Crippen molar-refractivity contribution in [2.45, 2.75) is 57.6 Å². The summed E-state index contributed by atoms with van der Waals surface area (Å²) in [6.45, 7) is 12.3. The fourth-order valence-corrected chi connectivity index (χ4v) is 7.07. The van der Waals surface area contributed by atoms with Crippen molar-refractivity contribution >= 4 is 0 Å². The van der Waals surface area contributed by atoms with Gasteiger partial charge in [0.25, 0.3) is 0 Å². The van der Waals surface area contributed by atoms with Gasteiger partial charge in [0, 0.05) is 37.3 Å². The van der Waals surface area contributed by atoms with Crippen molar-refractivity contribution in [3.8, 4) is 57.0 Å². The molecule has 0 bridgehead atoms. The number of benzene rings is 4. The number of morpholine rings is 1. The van der Waals surface area contributed by atoms with Crippen LogP contribution in [0.5, 0.6) is 34.5 Å². The number of hydrogen-bond acceptors (Lipinski definition) is 11. The number of methoxy groups -OCH3 is 4. The summed E-state index contributed by atoms with van der Waals surface area (Å²) in [6.07, 6.45) is -0.0000467. The first-order chi connectivity index (χ1) is 27.4. The SMILES string of the molecule is COc1ccc(C(O)C(C)(C)Oc2ccc(-c3ncn(CCN4CCOCC4)c3-c3ccc(OC(C)(C)C(O)c4ccc(OC)c(OC)c4)cc3)cc2)cc1OC. The average molecular weight is 782 g/mol. The molecule has 0 aliphatic carbocycles. The Morgan fingerprint density at radius 1 is 0.614 bits per heavy atom. The summed E-state index contributed by atoms with van der Waals surface area (Å²) in [5.41, 5.74) is 3.04. The van der Waals surface area contributed by atoms with Crippen molar-refractivity contribution in [1.29, 1.82) is 0 Å². The zero-order chi connectivity index (χ0) is 40.7. The summed E-state index contributed by atoms with van der Waals surface area (Å²) in [5.74, 6) is 3.46. The van der Waals surface area contributed by atoms with E-state index >= 15 is 0 Å². The number of imidazole rings is 1. The molecule has 1 aromatic heterocycles. The minimum atomic E-state index is -0.970. The molecule has 0 radical (unpaired) electrons. The van der Waals surface area contributed by atoms with Crippen LogP contribution in [0.1, 0.15) is 51.0 Å². The van der Waals surface area contributed by atoms with Crippen LogP contribution in [0.25, 0.3) is 22.5 Å². The third-order valence-electron chi connectivity index (χ3n) is 10.4. The highest BCUT2D eigenvalue weighted by molar-refractivity contribution is 5.79. The van der Waals surface area contributed by atoms with Crippen LogP contribution in [-0.2, 0) is 11.3 Å². The standard InChI is InChI=1S/C45H55N3O9/c1-44(2,42(49)32-13-19-36(51-5)38(27-32)53-7)56-34-15-9-30(10-16-34)40-41(48(29-46-40)22-21-47-23-25-55-26-24-47)31-11-17-35(18-12-31)57-45(3,4)43(50)33-14-20-37(52-6)39(28-33)54-8/h9-20,27-29,42-43,49-50H,21-26H2,1-8H3. The van der Waals surface area contributed by atoms with E-state index in [4.69, 9.17) is 38.1 Å². The van der Waals surface area contributed by atoms with Crippen LogP contribution in [0.4, 0.5) is 0 Å². The van der Waals surface area contributed by atoms with Crippen LogP contribution >= 0.6 is 0 Å². The smallest absolute Gasteiger partial charge is 0.161 e. The average Bonchev–Trinajstić information content (AvgIpc) is 3.66. The van der Waals surface area contributed by atoms with Crippen molar-refractivity contribution in [2.24, 2.45) is 0 Å². The van der Waals surface area contributed by atoms with Crippen LogP contribution in [0.15, 0.2) is 91.3 Å². The molecule has 0 saturated carbocycles. The van der Waals surface area contributed by atoms with Gasteiger partial charge in [-0.3, -0.25) is 4.90 Å². The number of nitrogens with zero attached hydrogens (tertiary/aromatic N) is 3. The number of rotatable bonds is 17. The Kier molecular flexibility index (Phi) is 13.0. The van der Waals surface area contributed by atoms with Gasteiger partial charge in [-0.2, -0.15) is 0 Å². The maximum atomic E-state index is 11.4. The quantitative estimate of drug-likeness (QED) is 0.0983. The summed E-state index contributed by atoms with van der Waals surface area (Å²) >= 11 is 0. The van der Waals surface area contributed by atoms with E-state index < -0.39 is 23.4 Å². The highest BCUT2D eigenvalue weighted by Gasteiger charge is 2.34. The Bertz CT molecular complexity index is 2070. The minimum Gasteiger partial charge on any atom is -0.493 e. The Labute approximate surface area is 335 Å². The summed E-state index contributed by atoms with van der Waals surface area (Å²) < 4.78 is 42.2. The summed E-state index contributed by atoms with van der Waals surface area (Å²) in [6, 6.07) is 26.4. The van der Waals surface area contributed by atoms with Gasteiger partial charge in [0.15, 0.2) is 23.0 Å². The first kappa shape index (κ1) is 41.4. The molecule has 2 unspecified atom stereocenters. The van der Waals surface area contributed by atoms with E-state index in [1.165, 1.54) is 0 Å². The molecule has 12 heteroatoms. The van der Waals surface area contributed by atoms with Gasteiger partial charge in [-0.25, -0.2) is 4.98 Å². The van der Waals surface area contributed by atoms with Gasteiger partial charge in [-0.15, -0.1) is 0 Å². The Morgan fingerprint density at radius 3 is 1.53 bits per heavy atom. The second kappa shape index (κ2) is 17.9. The number of aromatic nitrogens is 2. The van der Waals surface area contributed by atoms with E-state index in [2.05, 4.69) is 9.47 Å². The Morgan fingerprint density at radius 2 is 1.07 bits per heavy atom. The van der Waals surface area contributed by atoms with Crippen LogP contribution in [0, 0.1) is 0 Å². The van der Waals surface area contributed by atoms with Gasteiger partial charge in [0.1, 0.15) is 34.9 Å². The summed E-state index contributed by atoms with van der Waals surface area (Å²) in [4.78, 5) is 7.33. The molecule has 5 aromatic rings. The zero-order valence-corrected chi connectivity index (χ0v) is 34.2. The molecule has 304 valence electrons. The fourth-order valence-electron chi connectivity index (χ4n) is 7.07. The number of hydrogen-bond donors (Lipinski definition) is 2. The lowest BCUT2D eigenvalue weighted by Crippen LogP contribution is -2.38. The van der Waals surface area contributed by atoms with Crippen molar-refractivity contribution < 1.29 is 43.4 Å². The molecular weight excluding hydrogens is 727 g/mol. The van der Waals surface area contributed by atoms with Gasteiger partial charge >= 0.3 is 0 Å². The fraction of sp³-hybridized carbons (Fsp3) is 0.400. The van der Waals surface area contributed by atoms with Crippen LogP contribution in [0.3, 0.4) is 0 Å². The molecule has 0 amide bonds. The minimum absolute atomic E-state index is 0.533. The third-order valence-corrected chi connectivity index (χ3v) is 10.4. The topological polar surface area (TPSA) is 126 Å². The van der Waals surface area contributed by atoms with Crippen molar-refractivity contribution in [1.82, 2.24) is 14.5 Å². The largest absolute Gasteiger partial charge is 0.493 e. The van der Waals surface area contributed by atoms with E-state index in [-0.39, 0.29) is 0 Å². The maximum absolute atomic E-state index is 11.4. The molecule has 2 heterocycles. The third kappa shape index (κ3) is 9.48. The summed E-state index contributed by atoms with van der Waals surface area (Å²) in [7, 11) is 6.29. The van der Waals surface area contributed by atoms with Crippen LogP contribution in [-0.4, -0.2) is 97.2 Å². The van der Waals surface area contributed by atoms with Gasteiger partial charge < -0.3 is 47.9 Å². The summed E-state index contributed by atoms with van der Waals surface area (Å²) in [5, 5.41) is 22.7. The first-order valence-electron chi connectivity index (χ1n) is 19.1.